The summed E-state index contributed by atoms with van der Waals surface area (Å²) < 4.78 is 0. The van der Waals surface area contributed by atoms with E-state index in [0.29, 0.717) is 17.4 Å². The lowest BCUT2D eigenvalue weighted by Crippen LogP contribution is -2.61. The Kier molecular flexibility index (Phi) is 3.83. The zero-order valence-electron chi connectivity index (χ0n) is 11.6. The van der Waals surface area contributed by atoms with E-state index in [1.165, 1.54) is 25.7 Å². The van der Waals surface area contributed by atoms with Crippen LogP contribution >= 0.6 is 0 Å². The van der Waals surface area contributed by atoms with Crippen LogP contribution in [0.2, 0.25) is 0 Å². The lowest BCUT2D eigenvalue weighted by molar-refractivity contribution is -0.103. The van der Waals surface area contributed by atoms with Gasteiger partial charge in [-0.25, -0.2) is 0 Å². The Morgan fingerprint density at radius 1 is 1.24 bits per heavy atom. The fourth-order valence-corrected chi connectivity index (χ4v) is 3.74. The summed E-state index contributed by atoms with van der Waals surface area (Å²) in [6, 6.07) is 0.399. The predicted molar refractivity (Wildman–Crippen MR) is 73.4 cm³/mol. The Morgan fingerprint density at radius 3 is 2.59 bits per heavy atom. The van der Waals surface area contributed by atoms with Crippen molar-refractivity contribution in [2.24, 2.45) is 28.9 Å². The molecule has 1 nitrogen and oxygen atoms in total. The fraction of sp³-hybridized carbons (Fsp3) is 0.875. The highest BCUT2D eigenvalue weighted by Crippen LogP contribution is 2.60. The highest BCUT2D eigenvalue weighted by atomic mass is 14.8. The van der Waals surface area contributed by atoms with Gasteiger partial charge >= 0.3 is 0 Å². The normalized spacial score (nSPS) is 37.9. The summed E-state index contributed by atoms with van der Waals surface area (Å²) in [4.78, 5) is 0. The SMILES string of the molecule is CCCCC#CCC1CC2CC(C1N)C2(C)C. The van der Waals surface area contributed by atoms with Crippen LogP contribution in [0, 0.1) is 35.0 Å². The van der Waals surface area contributed by atoms with E-state index in [1.807, 2.05) is 0 Å². The van der Waals surface area contributed by atoms with Crippen molar-refractivity contribution in [2.75, 3.05) is 0 Å². The van der Waals surface area contributed by atoms with Crippen LogP contribution in [0.15, 0.2) is 0 Å². The molecule has 3 aliphatic carbocycles. The Morgan fingerprint density at radius 2 is 2.00 bits per heavy atom. The minimum absolute atomic E-state index is 0.399. The Balaban J connectivity index is 1.82. The summed E-state index contributed by atoms with van der Waals surface area (Å²) >= 11 is 0. The van der Waals surface area contributed by atoms with E-state index < -0.39 is 0 Å². The molecular formula is C16H27N. The van der Waals surface area contributed by atoms with Crippen molar-refractivity contribution in [2.45, 2.75) is 65.3 Å². The van der Waals surface area contributed by atoms with E-state index in [9.17, 15) is 0 Å². The summed E-state index contributed by atoms with van der Waals surface area (Å²) in [6.07, 6.45) is 7.27. The maximum Gasteiger partial charge on any atom is 0.0132 e. The van der Waals surface area contributed by atoms with Crippen LogP contribution in [-0.2, 0) is 0 Å². The van der Waals surface area contributed by atoms with E-state index in [-0.39, 0.29) is 0 Å². The van der Waals surface area contributed by atoms with E-state index in [0.717, 1.165) is 24.7 Å². The molecule has 1 heteroatoms. The second-order valence-corrected chi connectivity index (χ2v) is 6.59. The van der Waals surface area contributed by atoms with Gasteiger partial charge in [0.2, 0.25) is 0 Å². The van der Waals surface area contributed by atoms with Gasteiger partial charge in [0.15, 0.2) is 0 Å². The number of unbranched alkanes of at least 4 members (excludes halogenated alkanes) is 2. The quantitative estimate of drug-likeness (QED) is 0.585. The van der Waals surface area contributed by atoms with Crippen molar-refractivity contribution >= 4 is 0 Å². The van der Waals surface area contributed by atoms with E-state index in [1.54, 1.807) is 0 Å². The highest BCUT2D eigenvalue weighted by Gasteiger charge is 2.56. The zero-order valence-corrected chi connectivity index (χ0v) is 11.6. The average molecular weight is 233 g/mol. The van der Waals surface area contributed by atoms with Gasteiger partial charge in [-0.15, -0.1) is 11.8 Å². The molecular weight excluding hydrogens is 206 g/mol. The minimum Gasteiger partial charge on any atom is -0.327 e. The Labute approximate surface area is 107 Å². The number of rotatable bonds is 3. The number of fused-ring (bicyclic) bond motifs is 2. The first-order valence-electron chi connectivity index (χ1n) is 7.28. The van der Waals surface area contributed by atoms with Crippen molar-refractivity contribution < 1.29 is 0 Å². The third-order valence-electron chi connectivity index (χ3n) is 5.29. The van der Waals surface area contributed by atoms with Gasteiger partial charge in [0.1, 0.15) is 0 Å². The summed E-state index contributed by atoms with van der Waals surface area (Å²) in [6.45, 7) is 7.01. The van der Waals surface area contributed by atoms with Gasteiger partial charge in [0, 0.05) is 18.9 Å². The molecule has 0 heterocycles. The minimum atomic E-state index is 0.399. The first kappa shape index (κ1) is 13.0. The van der Waals surface area contributed by atoms with E-state index >= 15 is 0 Å². The van der Waals surface area contributed by atoms with Crippen molar-refractivity contribution in [1.29, 1.82) is 0 Å². The summed E-state index contributed by atoms with van der Waals surface area (Å²) in [7, 11) is 0. The lowest BCUT2D eigenvalue weighted by atomic mass is 9.45. The molecule has 0 spiro atoms. The van der Waals surface area contributed by atoms with Crippen molar-refractivity contribution in [1.82, 2.24) is 0 Å². The van der Waals surface area contributed by atoms with Crippen molar-refractivity contribution in [3.63, 3.8) is 0 Å². The van der Waals surface area contributed by atoms with Crippen LogP contribution in [-0.4, -0.2) is 6.04 Å². The van der Waals surface area contributed by atoms with Crippen LogP contribution in [0.25, 0.3) is 0 Å². The molecule has 3 aliphatic rings. The molecule has 17 heavy (non-hydrogen) atoms. The zero-order chi connectivity index (χ0) is 12.5. The Bertz CT molecular complexity index is 320. The largest absolute Gasteiger partial charge is 0.327 e. The number of hydrogen-bond acceptors (Lipinski definition) is 1. The summed E-state index contributed by atoms with van der Waals surface area (Å²) in [5, 5.41) is 0. The summed E-state index contributed by atoms with van der Waals surface area (Å²) in [5.74, 6) is 8.99. The molecule has 0 aromatic carbocycles. The topological polar surface area (TPSA) is 26.0 Å². The number of hydrogen-bond donors (Lipinski definition) is 1. The third-order valence-corrected chi connectivity index (χ3v) is 5.29. The standard InChI is InChI=1S/C16H27N/c1-4-5-6-7-8-9-12-10-13-11-14(15(12)17)16(13,2)3/h12-15H,4-6,9-11,17H2,1-3H3. The first-order valence-corrected chi connectivity index (χ1v) is 7.28. The van der Waals surface area contributed by atoms with Gasteiger partial charge in [0.05, 0.1) is 0 Å². The average Bonchev–Trinajstić information content (AvgIpc) is 2.30. The molecule has 2 bridgehead atoms. The second-order valence-electron chi connectivity index (χ2n) is 6.59. The molecule has 3 rings (SSSR count). The molecule has 0 aliphatic heterocycles. The van der Waals surface area contributed by atoms with Crippen LogP contribution in [0.4, 0.5) is 0 Å². The van der Waals surface area contributed by atoms with Gasteiger partial charge in [-0.2, -0.15) is 0 Å². The molecule has 3 saturated carbocycles. The van der Waals surface area contributed by atoms with E-state index in [2.05, 4.69) is 32.6 Å². The van der Waals surface area contributed by atoms with Crippen LogP contribution in [0.5, 0.6) is 0 Å². The summed E-state index contributed by atoms with van der Waals surface area (Å²) in [5.41, 5.74) is 6.91. The fourth-order valence-electron chi connectivity index (χ4n) is 3.74. The van der Waals surface area contributed by atoms with E-state index in [4.69, 9.17) is 5.73 Å². The van der Waals surface area contributed by atoms with Crippen molar-refractivity contribution in [3.8, 4) is 11.8 Å². The molecule has 0 saturated heterocycles. The predicted octanol–water partition coefficient (Wildman–Crippen LogP) is 3.58. The van der Waals surface area contributed by atoms with Crippen LogP contribution in [0.1, 0.15) is 59.3 Å². The third kappa shape index (κ3) is 2.38. The first-order chi connectivity index (χ1) is 8.07. The van der Waals surface area contributed by atoms with Gasteiger partial charge in [-0.3, -0.25) is 0 Å². The smallest absolute Gasteiger partial charge is 0.0132 e. The monoisotopic (exact) mass is 233 g/mol. The molecule has 4 atom stereocenters. The maximum atomic E-state index is 6.41. The lowest BCUT2D eigenvalue weighted by Gasteiger charge is -2.61. The van der Waals surface area contributed by atoms with Crippen molar-refractivity contribution in [3.05, 3.63) is 0 Å². The van der Waals surface area contributed by atoms with Crippen LogP contribution in [0.3, 0.4) is 0 Å². The maximum absolute atomic E-state index is 6.41. The molecule has 2 N–H and O–H groups in total. The second kappa shape index (κ2) is 5.02. The van der Waals surface area contributed by atoms with Gasteiger partial charge < -0.3 is 5.73 Å². The molecule has 0 radical (unpaired) electrons. The highest BCUT2D eigenvalue weighted by molar-refractivity contribution is 5.11. The molecule has 96 valence electrons. The van der Waals surface area contributed by atoms with Gasteiger partial charge in [-0.05, 0) is 42.4 Å². The molecule has 4 unspecified atom stereocenters. The molecule has 0 aromatic heterocycles. The van der Waals surface area contributed by atoms with Crippen LogP contribution < -0.4 is 5.73 Å². The molecule has 0 amide bonds. The molecule has 0 aromatic rings. The van der Waals surface area contributed by atoms with Gasteiger partial charge in [-0.1, -0.05) is 27.2 Å². The molecule has 3 fully saturated rings. The van der Waals surface area contributed by atoms with Gasteiger partial charge in [0.25, 0.3) is 0 Å². The Hall–Kier alpha value is -0.480. The number of nitrogens with two attached hydrogens (primary N) is 1.